The van der Waals surface area contributed by atoms with E-state index < -0.39 is 5.54 Å². The summed E-state index contributed by atoms with van der Waals surface area (Å²) in [6.45, 7) is 5.09. The van der Waals surface area contributed by atoms with E-state index in [0.29, 0.717) is 25.9 Å². The first-order valence-electron chi connectivity index (χ1n) is 8.06. The smallest absolute Gasteiger partial charge is 0.245 e. The molecule has 1 saturated heterocycles. The molecule has 0 saturated carbocycles. The van der Waals surface area contributed by atoms with Crippen molar-refractivity contribution in [1.29, 1.82) is 0 Å². The zero-order valence-corrected chi connectivity index (χ0v) is 13.5. The molecule has 22 heavy (non-hydrogen) atoms. The van der Waals surface area contributed by atoms with Crippen molar-refractivity contribution in [2.24, 2.45) is 0 Å². The van der Waals surface area contributed by atoms with Crippen molar-refractivity contribution < 1.29 is 9.59 Å². The third kappa shape index (κ3) is 3.64. The molecule has 1 unspecified atom stereocenters. The molecular weight excluding hydrogens is 278 g/mol. The number of aromatic nitrogens is 1. The average molecular weight is 303 g/mol. The number of hydrogen-bond donors (Lipinski definition) is 1. The van der Waals surface area contributed by atoms with Crippen LogP contribution >= 0.6 is 0 Å². The summed E-state index contributed by atoms with van der Waals surface area (Å²) >= 11 is 0. The van der Waals surface area contributed by atoms with Crippen molar-refractivity contribution in [3.05, 3.63) is 30.1 Å². The number of likely N-dealkylation sites (tertiary alicyclic amines) is 1. The van der Waals surface area contributed by atoms with E-state index in [-0.39, 0.29) is 11.8 Å². The van der Waals surface area contributed by atoms with Crippen molar-refractivity contribution in [2.75, 3.05) is 13.1 Å². The summed E-state index contributed by atoms with van der Waals surface area (Å²) in [5.41, 5.74) is 0.259. The Morgan fingerprint density at radius 3 is 2.91 bits per heavy atom. The third-order valence-corrected chi connectivity index (χ3v) is 4.29. The maximum atomic E-state index is 12.6. The molecule has 1 aromatic rings. The quantitative estimate of drug-likeness (QED) is 0.873. The van der Waals surface area contributed by atoms with Crippen LogP contribution in [0.15, 0.2) is 24.4 Å². The standard InChI is InChI=1S/C17H25N3O2/c1-3-7-15(21)20-13-6-10-17(20,2)16(22)19-12-9-14-8-4-5-11-18-14/h4-5,8,11H,3,6-7,9-10,12-13H2,1-2H3,(H,19,22). The molecule has 5 heteroatoms. The number of rotatable bonds is 6. The van der Waals surface area contributed by atoms with E-state index in [1.807, 2.05) is 32.0 Å². The molecule has 0 aliphatic carbocycles. The number of nitrogens with zero attached hydrogens (tertiary/aromatic N) is 2. The van der Waals surface area contributed by atoms with E-state index in [1.54, 1.807) is 11.1 Å². The van der Waals surface area contributed by atoms with Gasteiger partial charge in [-0.15, -0.1) is 0 Å². The van der Waals surface area contributed by atoms with E-state index in [4.69, 9.17) is 0 Å². The molecule has 0 spiro atoms. The van der Waals surface area contributed by atoms with Gasteiger partial charge in [0, 0.05) is 37.8 Å². The third-order valence-electron chi connectivity index (χ3n) is 4.29. The second-order valence-electron chi connectivity index (χ2n) is 6.00. The Bertz CT molecular complexity index is 518. The van der Waals surface area contributed by atoms with E-state index >= 15 is 0 Å². The number of hydrogen-bond acceptors (Lipinski definition) is 3. The first-order valence-corrected chi connectivity index (χ1v) is 8.06. The zero-order chi connectivity index (χ0) is 16.0. The van der Waals surface area contributed by atoms with Crippen LogP contribution in [-0.4, -0.2) is 40.3 Å². The fraction of sp³-hybridized carbons (Fsp3) is 0.588. The van der Waals surface area contributed by atoms with Crippen LogP contribution in [0.3, 0.4) is 0 Å². The average Bonchev–Trinajstić information content (AvgIpc) is 2.92. The Morgan fingerprint density at radius 2 is 2.23 bits per heavy atom. The molecular formula is C17H25N3O2. The number of carbonyl (C=O) groups excluding carboxylic acids is 2. The van der Waals surface area contributed by atoms with E-state index in [0.717, 1.165) is 25.0 Å². The molecule has 1 aromatic heterocycles. The van der Waals surface area contributed by atoms with Gasteiger partial charge in [-0.3, -0.25) is 14.6 Å². The van der Waals surface area contributed by atoms with E-state index in [9.17, 15) is 9.59 Å². The molecule has 2 amide bonds. The van der Waals surface area contributed by atoms with Gasteiger partial charge in [0.25, 0.3) is 0 Å². The van der Waals surface area contributed by atoms with Gasteiger partial charge in [0.15, 0.2) is 0 Å². The van der Waals surface area contributed by atoms with Crippen LogP contribution in [0, 0.1) is 0 Å². The molecule has 1 fully saturated rings. The minimum atomic E-state index is -0.698. The van der Waals surface area contributed by atoms with Crippen LogP contribution < -0.4 is 5.32 Å². The molecule has 5 nitrogen and oxygen atoms in total. The SMILES string of the molecule is CCCC(=O)N1CCCC1(C)C(=O)NCCc1ccccn1. The Kier molecular flexibility index (Phi) is 5.52. The summed E-state index contributed by atoms with van der Waals surface area (Å²) in [6, 6.07) is 5.76. The zero-order valence-electron chi connectivity index (χ0n) is 13.5. The predicted molar refractivity (Wildman–Crippen MR) is 85.2 cm³/mol. The monoisotopic (exact) mass is 303 g/mol. The fourth-order valence-electron chi connectivity index (χ4n) is 2.99. The molecule has 0 bridgehead atoms. The molecule has 2 rings (SSSR count). The lowest BCUT2D eigenvalue weighted by molar-refractivity contribution is -0.144. The van der Waals surface area contributed by atoms with E-state index in [1.165, 1.54) is 0 Å². The van der Waals surface area contributed by atoms with Gasteiger partial charge in [-0.25, -0.2) is 0 Å². The lowest BCUT2D eigenvalue weighted by Gasteiger charge is -2.34. The molecule has 1 aliphatic heterocycles. The first-order chi connectivity index (χ1) is 10.6. The van der Waals surface area contributed by atoms with Gasteiger partial charge < -0.3 is 10.2 Å². The van der Waals surface area contributed by atoms with Crippen molar-refractivity contribution in [3.63, 3.8) is 0 Å². The predicted octanol–water partition coefficient (Wildman–Crippen LogP) is 1.92. The summed E-state index contributed by atoms with van der Waals surface area (Å²) in [7, 11) is 0. The highest BCUT2D eigenvalue weighted by Crippen LogP contribution is 2.30. The van der Waals surface area contributed by atoms with Gasteiger partial charge in [-0.2, -0.15) is 0 Å². The maximum absolute atomic E-state index is 12.6. The Labute approximate surface area is 132 Å². The fourth-order valence-corrected chi connectivity index (χ4v) is 2.99. The highest BCUT2D eigenvalue weighted by Gasteiger charge is 2.44. The lowest BCUT2D eigenvalue weighted by atomic mass is 9.97. The van der Waals surface area contributed by atoms with Crippen LogP contribution in [-0.2, 0) is 16.0 Å². The normalized spacial score (nSPS) is 20.9. The Hall–Kier alpha value is -1.91. The number of pyridine rings is 1. The number of amides is 2. The molecule has 0 aromatic carbocycles. The van der Waals surface area contributed by atoms with Gasteiger partial charge in [0.05, 0.1) is 0 Å². The first kappa shape index (κ1) is 16.5. The molecule has 120 valence electrons. The van der Waals surface area contributed by atoms with E-state index in [2.05, 4.69) is 10.3 Å². The topological polar surface area (TPSA) is 62.3 Å². The van der Waals surface area contributed by atoms with Crippen molar-refractivity contribution >= 4 is 11.8 Å². The second kappa shape index (κ2) is 7.38. The summed E-state index contributed by atoms with van der Waals surface area (Å²) < 4.78 is 0. The summed E-state index contributed by atoms with van der Waals surface area (Å²) in [6.07, 6.45) is 5.40. The van der Waals surface area contributed by atoms with Crippen LogP contribution in [0.4, 0.5) is 0 Å². The Balaban J connectivity index is 1.91. The maximum Gasteiger partial charge on any atom is 0.245 e. The summed E-state index contributed by atoms with van der Waals surface area (Å²) in [4.78, 5) is 30.7. The molecule has 1 N–H and O–H groups in total. The minimum absolute atomic E-state index is 0.0506. The Morgan fingerprint density at radius 1 is 1.41 bits per heavy atom. The van der Waals surface area contributed by atoms with Crippen molar-refractivity contribution in [2.45, 2.75) is 51.5 Å². The highest BCUT2D eigenvalue weighted by molar-refractivity contribution is 5.91. The van der Waals surface area contributed by atoms with Crippen molar-refractivity contribution in [3.8, 4) is 0 Å². The van der Waals surface area contributed by atoms with Crippen LogP contribution in [0.5, 0.6) is 0 Å². The largest absolute Gasteiger partial charge is 0.354 e. The van der Waals surface area contributed by atoms with Crippen molar-refractivity contribution in [1.82, 2.24) is 15.2 Å². The number of carbonyl (C=O) groups is 2. The van der Waals surface area contributed by atoms with Gasteiger partial charge in [-0.1, -0.05) is 13.0 Å². The molecule has 1 aliphatic rings. The number of nitrogens with one attached hydrogen (secondary N) is 1. The second-order valence-corrected chi connectivity index (χ2v) is 6.00. The molecule has 0 radical (unpaired) electrons. The summed E-state index contributed by atoms with van der Waals surface area (Å²) in [5.74, 6) is 0.0350. The van der Waals surface area contributed by atoms with Gasteiger partial charge in [0.2, 0.25) is 11.8 Å². The van der Waals surface area contributed by atoms with Gasteiger partial charge in [-0.05, 0) is 38.3 Å². The van der Waals surface area contributed by atoms with Gasteiger partial charge >= 0.3 is 0 Å². The molecule has 1 atom stereocenters. The van der Waals surface area contributed by atoms with Gasteiger partial charge in [0.1, 0.15) is 5.54 Å². The molecule has 2 heterocycles. The van der Waals surface area contributed by atoms with Crippen LogP contribution in [0.2, 0.25) is 0 Å². The van der Waals surface area contributed by atoms with Crippen LogP contribution in [0.1, 0.15) is 45.2 Å². The highest BCUT2D eigenvalue weighted by atomic mass is 16.2. The lowest BCUT2D eigenvalue weighted by Crippen LogP contribution is -2.55. The minimum Gasteiger partial charge on any atom is -0.354 e. The van der Waals surface area contributed by atoms with Crippen LogP contribution in [0.25, 0.3) is 0 Å². The summed E-state index contributed by atoms with van der Waals surface area (Å²) in [5, 5.41) is 2.97.